The van der Waals surface area contributed by atoms with Crippen molar-refractivity contribution in [1.29, 1.82) is 0 Å². The van der Waals surface area contributed by atoms with Gasteiger partial charge in [0.2, 0.25) is 0 Å². The van der Waals surface area contributed by atoms with E-state index in [1.807, 2.05) is 0 Å². The van der Waals surface area contributed by atoms with E-state index in [1.54, 1.807) is 6.07 Å². The lowest BCUT2D eigenvalue weighted by Crippen LogP contribution is -2.27. The zero-order valence-electron chi connectivity index (χ0n) is 12.6. The maximum atomic E-state index is 11.4. The maximum absolute atomic E-state index is 11.4. The van der Waals surface area contributed by atoms with Crippen LogP contribution >= 0.6 is 0 Å². The number of anilines is 1. The number of nitrogens with one attached hydrogen (secondary N) is 1. The number of hydrogen-bond acceptors (Lipinski definition) is 3. The Balaban J connectivity index is 2.28. The fourth-order valence-electron chi connectivity index (χ4n) is 3.07. The maximum Gasteiger partial charge on any atom is 0.339 e. The number of aromatic nitrogens is 1. The largest absolute Gasteiger partial charge is 0.478 e. The molecule has 0 aliphatic heterocycles. The van der Waals surface area contributed by atoms with E-state index in [0.29, 0.717) is 17.3 Å². The summed E-state index contributed by atoms with van der Waals surface area (Å²) in [5.74, 6) is 0.177. The molecule has 1 atom stereocenters. The van der Waals surface area contributed by atoms with Gasteiger partial charge in [-0.05, 0) is 43.7 Å². The standard InChI is InChI=1S/C16H24N2O2/c1-4-11(5-2)10(3)17-15-13(16(19)20)9-12-7-6-8-14(12)18-15/h9-11H,4-8H2,1-3H3,(H,17,18)(H,19,20). The lowest BCUT2D eigenvalue weighted by molar-refractivity contribution is 0.0697. The normalized spacial score (nSPS) is 15.2. The van der Waals surface area contributed by atoms with Crippen LogP contribution in [-0.2, 0) is 12.8 Å². The van der Waals surface area contributed by atoms with Gasteiger partial charge in [-0.25, -0.2) is 9.78 Å². The Labute approximate surface area is 120 Å². The van der Waals surface area contributed by atoms with Gasteiger partial charge in [0.25, 0.3) is 0 Å². The van der Waals surface area contributed by atoms with Gasteiger partial charge in [-0.15, -0.1) is 0 Å². The predicted molar refractivity (Wildman–Crippen MR) is 80.4 cm³/mol. The van der Waals surface area contributed by atoms with Crippen LogP contribution in [0.4, 0.5) is 5.82 Å². The number of pyridine rings is 1. The fourth-order valence-corrected chi connectivity index (χ4v) is 3.07. The first kappa shape index (κ1) is 14.8. The van der Waals surface area contributed by atoms with Gasteiger partial charge in [-0.3, -0.25) is 0 Å². The molecule has 1 aliphatic rings. The molecular formula is C16H24N2O2. The fraction of sp³-hybridized carbons (Fsp3) is 0.625. The molecule has 0 fully saturated rings. The van der Waals surface area contributed by atoms with Crippen LogP contribution in [0.5, 0.6) is 0 Å². The molecule has 0 amide bonds. The molecule has 0 saturated heterocycles. The van der Waals surface area contributed by atoms with Crippen LogP contribution in [0.25, 0.3) is 0 Å². The van der Waals surface area contributed by atoms with Crippen molar-refractivity contribution in [1.82, 2.24) is 4.98 Å². The monoisotopic (exact) mass is 276 g/mol. The van der Waals surface area contributed by atoms with E-state index in [0.717, 1.165) is 43.4 Å². The Bertz CT molecular complexity index is 495. The quantitative estimate of drug-likeness (QED) is 0.834. The minimum absolute atomic E-state index is 0.232. The summed E-state index contributed by atoms with van der Waals surface area (Å²) >= 11 is 0. The summed E-state index contributed by atoms with van der Waals surface area (Å²) in [5.41, 5.74) is 2.47. The van der Waals surface area contributed by atoms with Crippen molar-refractivity contribution < 1.29 is 9.90 Å². The Kier molecular flexibility index (Phi) is 4.63. The number of carbonyl (C=O) groups is 1. The van der Waals surface area contributed by atoms with Gasteiger partial charge < -0.3 is 10.4 Å². The van der Waals surface area contributed by atoms with Crippen LogP contribution in [0, 0.1) is 5.92 Å². The third-order valence-corrected chi connectivity index (χ3v) is 4.40. The molecule has 2 N–H and O–H groups in total. The summed E-state index contributed by atoms with van der Waals surface area (Å²) in [4.78, 5) is 16.0. The lowest BCUT2D eigenvalue weighted by Gasteiger charge is -2.24. The van der Waals surface area contributed by atoms with Gasteiger partial charge in [0, 0.05) is 11.7 Å². The van der Waals surface area contributed by atoms with E-state index in [9.17, 15) is 9.90 Å². The first-order valence-electron chi connectivity index (χ1n) is 7.59. The van der Waals surface area contributed by atoms with Crippen molar-refractivity contribution in [3.63, 3.8) is 0 Å². The Hall–Kier alpha value is -1.58. The molecule has 0 bridgehead atoms. The number of nitrogens with zero attached hydrogens (tertiary/aromatic N) is 1. The number of hydrogen-bond donors (Lipinski definition) is 2. The molecule has 1 aromatic heterocycles. The predicted octanol–water partition coefficient (Wildman–Crippen LogP) is 3.51. The first-order valence-corrected chi connectivity index (χ1v) is 7.59. The second-order valence-corrected chi connectivity index (χ2v) is 5.66. The molecule has 0 saturated carbocycles. The van der Waals surface area contributed by atoms with Crippen LogP contribution in [0.15, 0.2) is 6.07 Å². The van der Waals surface area contributed by atoms with Crippen molar-refractivity contribution in [3.8, 4) is 0 Å². The van der Waals surface area contributed by atoms with Crippen LogP contribution in [0.3, 0.4) is 0 Å². The van der Waals surface area contributed by atoms with Crippen LogP contribution in [0.2, 0.25) is 0 Å². The highest BCUT2D eigenvalue weighted by Crippen LogP contribution is 2.27. The number of aryl methyl sites for hydroxylation is 2. The molecule has 1 aromatic rings. The van der Waals surface area contributed by atoms with Gasteiger partial charge in [-0.1, -0.05) is 26.7 Å². The number of carboxylic acids is 1. The zero-order chi connectivity index (χ0) is 14.7. The average molecular weight is 276 g/mol. The molecule has 1 unspecified atom stereocenters. The summed E-state index contributed by atoms with van der Waals surface area (Å²) in [7, 11) is 0. The molecule has 110 valence electrons. The highest BCUT2D eigenvalue weighted by atomic mass is 16.4. The molecule has 1 aliphatic carbocycles. The topological polar surface area (TPSA) is 62.2 Å². The first-order chi connectivity index (χ1) is 9.56. The van der Waals surface area contributed by atoms with E-state index in [-0.39, 0.29) is 6.04 Å². The SMILES string of the molecule is CCC(CC)C(C)Nc1nc2c(cc1C(=O)O)CCC2. The molecule has 1 heterocycles. The third kappa shape index (κ3) is 2.94. The Morgan fingerprint density at radius 2 is 2.10 bits per heavy atom. The van der Waals surface area contributed by atoms with Crippen molar-refractivity contribution in [2.24, 2.45) is 5.92 Å². The number of fused-ring (bicyclic) bond motifs is 1. The summed E-state index contributed by atoms with van der Waals surface area (Å²) in [6.45, 7) is 6.44. The number of carboxylic acid groups (broad SMARTS) is 1. The highest BCUT2D eigenvalue weighted by molar-refractivity contribution is 5.93. The van der Waals surface area contributed by atoms with Gasteiger partial charge in [0.15, 0.2) is 0 Å². The molecule has 0 aromatic carbocycles. The van der Waals surface area contributed by atoms with Crippen molar-refractivity contribution in [2.75, 3.05) is 5.32 Å². The summed E-state index contributed by atoms with van der Waals surface area (Å²) in [6, 6.07) is 2.04. The molecule has 20 heavy (non-hydrogen) atoms. The average Bonchev–Trinajstić information content (AvgIpc) is 2.86. The minimum Gasteiger partial charge on any atom is -0.478 e. The van der Waals surface area contributed by atoms with Gasteiger partial charge in [-0.2, -0.15) is 0 Å². The lowest BCUT2D eigenvalue weighted by atomic mass is 9.95. The smallest absolute Gasteiger partial charge is 0.339 e. The summed E-state index contributed by atoms with van der Waals surface area (Å²) in [6.07, 6.45) is 5.15. The van der Waals surface area contributed by atoms with Crippen molar-refractivity contribution in [3.05, 3.63) is 22.9 Å². The van der Waals surface area contributed by atoms with E-state index in [4.69, 9.17) is 0 Å². The van der Waals surface area contributed by atoms with Gasteiger partial charge in [0.1, 0.15) is 11.4 Å². The minimum atomic E-state index is -0.897. The molecule has 4 nitrogen and oxygen atoms in total. The van der Waals surface area contributed by atoms with Gasteiger partial charge in [0.05, 0.1) is 0 Å². The second kappa shape index (κ2) is 6.25. The summed E-state index contributed by atoms with van der Waals surface area (Å²) < 4.78 is 0. The van der Waals surface area contributed by atoms with E-state index in [2.05, 4.69) is 31.1 Å². The molecule has 4 heteroatoms. The van der Waals surface area contributed by atoms with E-state index in [1.165, 1.54) is 0 Å². The van der Waals surface area contributed by atoms with Crippen molar-refractivity contribution in [2.45, 2.75) is 58.9 Å². The van der Waals surface area contributed by atoms with Gasteiger partial charge >= 0.3 is 5.97 Å². The molecule has 0 radical (unpaired) electrons. The third-order valence-electron chi connectivity index (χ3n) is 4.40. The van der Waals surface area contributed by atoms with E-state index >= 15 is 0 Å². The second-order valence-electron chi connectivity index (χ2n) is 5.66. The zero-order valence-corrected chi connectivity index (χ0v) is 12.6. The van der Waals surface area contributed by atoms with Crippen LogP contribution in [-0.4, -0.2) is 22.1 Å². The van der Waals surface area contributed by atoms with Crippen LogP contribution in [0.1, 0.15) is 61.6 Å². The molecular weight excluding hydrogens is 252 g/mol. The Morgan fingerprint density at radius 3 is 2.70 bits per heavy atom. The highest BCUT2D eigenvalue weighted by Gasteiger charge is 2.22. The van der Waals surface area contributed by atoms with Crippen molar-refractivity contribution >= 4 is 11.8 Å². The molecule has 2 rings (SSSR count). The molecule has 0 spiro atoms. The van der Waals surface area contributed by atoms with E-state index < -0.39 is 5.97 Å². The number of rotatable bonds is 6. The Morgan fingerprint density at radius 1 is 1.40 bits per heavy atom. The van der Waals surface area contributed by atoms with Crippen LogP contribution < -0.4 is 5.32 Å². The summed E-state index contributed by atoms with van der Waals surface area (Å²) in [5, 5.41) is 12.7. The number of aromatic carboxylic acids is 1.